The number of ether oxygens (including phenoxy) is 1. The fourth-order valence-electron chi connectivity index (χ4n) is 4.36. The lowest BCUT2D eigenvalue weighted by molar-refractivity contribution is 0.172. The van der Waals surface area contributed by atoms with E-state index in [-0.39, 0.29) is 22.9 Å². The molecule has 6 nitrogen and oxygen atoms in total. The number of benzene rings is 1. The Morgan fingerprint density at radius 2 is 1.97 bits per heavy atom. The molecule has 0 saturated carbocycles. The molecule has 3 rings (SSSR count). The van der Waals surface area contributed by atoms with Crippen molar-refractivity contribution in [2.24, 2.45) is 17.1 Å². The van der Waals surface area contributed by atoms with Gasteiger partial charge in [-0.1, -0.05) is 6.08 Å². The Bertz CT molecular complexity index is 1010. The van der Waals surface area contributed by atoms with Gasteiger partial charge >= 0.3 is 0 Å². The fourth-order valence-corrected chi connectivity index (χ4v) is 4.36. The molecule has 2 aliphatic rings. The van der Waals surface area contributed by atoms with Crippen LogP contribution in [0.5, 0.6) is 5.75 Å². The van der Waals surface area contributed by atoms with Crippen LogP contribution in [0.3, 0.4) is 0 Å². The van der Waals surface area contributed by atoms with Gasteiger partial charge < -0.3 is 10.5 Å². The number of methoxy groups -OCH3 is 1. The molecule has 0 fully saturated rings. The van der Waals surface area contributed by atoms with Crippen molar-refractivity contribution < 1.29 is 9.13 Å². The van der Waals surface area contributed by atoms with Crippen LogP contribution in [0.1, 0.15) is 25.3 Å². The van der Waals surface area contributed by atoms with Crippen LogP contribution in [-0.2, 0) is 0 Å². The van der Waals surface area contributed by atoms with Gasteiger partial charge in [0, 0.05) is 31.0 Å². The van der Waals surface area contributed by atoms with E-state index < -0.39 is 23.1 Å². The van der Waals surface area contributed by atoms with Crippen molar-refractivity contribution in [2.75, 3.05) is 20.2 Å². The lowest BCUT2D eigenvalue weighted by Gasteiger charge is -2.46. The van der Waals surface area contributed by atoms with Gasteiger partial charge in [0.2, 0.25) is 0 Å². The predicted molar refractivity (Wildman–Crippen MR) is 104 cm³/mol. The molecule has 1 aliphatic carbocycles. The SMILES string of the molecule is COc1ccc(F)c([C@H]2[C@@H]3CN(C(C)C)CC=C3C(C#N)=C(N)C2(C#N)C#N)c1. The molecule has 2 N–H and O–H groups in total. The Morgan fingerprint density at radius 1 is 1.28 bits per heavy atom. The van der Waals surface area contributed by atoms with Gasteiger partial charge in [0.05, 0.1) is 30.5 Å². The zero-order chi connectivity index (χ0) is 21.3. The summed E-state index contributed by atoms with van der Waals surface area (Å²) in [5.74, 6) is -1.44. The van der Waals surface area contributed by atoms with Gasteiger partial charge in [-0.25, -0.2) is 4.39 Å². The normalized spacial score (nSPS) is 23.4. The molecular weight excluding hydrogens is 369 g/mol. The van der Waals surface area contributed by atoms with E-state index in [4.69, 9.17) is 10.5 Å². The molecule has 7 heteroatoms. The molecule has 2 atom stereocenters. The fraction of sp³-hybridized carbons (Fsp3) is 0.409. The summed E-state index contributed by atoms with van der Waals surface area (Å²) < 4.78 is 20.2. The highest BCUT2D eigenvalue weighted by Crippen LogP contribution is 2.55. The highest BCUT2D eigenvalue weighted by atomic mass is 19.1. The summed E-state index contributed by atoms with van der Waals surface area (Å²) in [5.41, 5.74) is 5.29. The lowest BCUT2D eigenvalue weighted by atomic mass is 9.58. The van der Waals surface area contributed by atoms with Crippen molar-refractivity contribution >= 4 is 0 Å². The summed E-state index contributed by atoms with van der Waals surface area (Å²) >= 11 is 0. The maximum atomic E-state index is 15.0. The van der Waals surface area contributed by atoms with Gasteiger partial charge in [0.25, 0.3) is 0 Å². The maximum Gasteiger partial charge on any atom is 0.191 e. The zero-order valence-corrected chi connectivity index (χ0v) is 16.6. The molecule has 1 aliphatic heterocycles. The highest BCUT2D eigenvalue weighted by molar-refractivity contribution is 5.59. The summed E-state index contributed by atoms with van der Waals surface area (Å²) in [6, 6.07) is 10.6. The molecule has 0 spiro atoms. The summed E-state index contributed by atoms with van der Waals surface area (Å²) in [5, 5.41) is 29.9. The van der Waals surface area contributed by atoms with Crippen molar-refractivity contribution in [3.05, 3.63) is 52.5 Å². The Kier molecular flexibility index (Phi) is 5.33. The quantitative estimate of drug-likeness (QED) is 0.848. The van der Waals surface area contributed by atoms with Crippen LogP contribution < -0.4 is 10.5 Å². The number of nitrogens with zero attached hydrogens (tertiary/aromatic N) is 4. The van der Waals surface area contributed by atoms with Gasteiger partial charge in [0.15, 0.2) is 5.41 Å². The zero-order valence-electron chi connectivity index (χ0n) is 16.6. The number of halogens is 1. The average molecular weight is 391 g/mol. The molecule has 0 amide bonds. The van der Waals surface area contributed by atoms with Gasteiger partial charge in [-0.3, -0.25) is 4.90 Å². The standard InChI is InChI=1S/C22H22FN5O/c1-13(2)28-7-6-15-17(9-24)21(27)22(11-25,12-26)20(18(15)10-28)16-8-14(29-3)4-5-19(16)23/h4-6,8,13,18,20H,7,10,27H2,1-3H3/t18-,20+/m1/s1. The first-order chi connectivity index (χ1) is 13.8. The van der Waals surface area contributed by atoms with Gasteiger partial charge in [-0.15, -0.1) is 0 Å². The maximum absolute atomic E-state index is 15.0. The largest absolute Gasteiger partial charge is 0.497 e. The molecule has 0 unspecified atom stereocenters. The second-order valence-electron chi connectivity index (χ2n) is 7.61. The molecule has 0 aromatic heterocycles. The minimum atomic E-state index is -1.86. The van der Waals surface area contributed by atoms with Crippen molar-refractivity contribution in [1.29, 1.82) is 15.8 Å². The summed E-state index contributed by atoms with van der Waals surface area (Å²) in [6.45, 7) is 5.18. The topological polar surface area (TPSA) is 110 Å². The first kappa shape index (κ1) is 20.4. The predicted octanol–water partition coefficient (Wildman–Crippen LogP) is 2.97. The first-order valence-corrected chi connectivity index (χ1v) is 9.35. The van der Waals surface area contributed by atoms with E-state index in [1.165, 1.54) is 25.3 Å². The Balaban J connectivity index is 2.35. The third-order valence-electron chi connectivity index (χ3n) is 5.96. The first-order valence-electron chi connectivity index (χ1n) is 9.35. The Hall–Kier alpha value is -3.34. The average Bonchev–Trinajstić information content (AvgIpc) is 2.73. The van der Waals surface area contributed by atoms with Gasteiger partial charge in [0.1, 0.15) is 17.6 Å². The van der Waals surface area contributed by atoms with Crippen LogP contribution in [0.15, 0.2) is 41.1 Å². The van der Waals surface area contributed by atoms with Gasteiger partial charge in [-0.05, 0) is 43.2 Å². The van der Waals surface area contributed by atoms with Crippen LogP contribution >= 0.6 is 0 Å². The third kappa shape index (κ3) is 3.03. The van der Waals surface area contributed by atoms with E-state index in [9.17, 15) is 20.2 Å². The van der Waals surface area contributed by atoms with E-state index in [1.54, 1.807) is 0 Å². The van der Waals surface area contributed by atoms with E-state index in [0.717, 1.165) is 0 Å². The third-order valence-corrected chi connectivity index (χ3v) is 5.96. The van der Waals surface area contributed by atoms with Crippen molar-refractivity contribution in [2.45, 2.75) is 25.8 Å². The molecule has 0 radical (unpaired) electrons. The lowest BCUT2D eigenvalue weighted by Crippen LogP contribution is -2.49. The molecule has 1 aromatic rings. The van der Waals surface area contributed by atoms with Crippen molar-refractivity contribution in [3.8, 4) is 24.0 Å². The van der Waals surface area contributed by atoms with E-state index in [0.29, 0.717) is 24.4 Å². The van der Waals surface area contributed by atoms with Gasteiger partial charge in [-0.2, -0.15) is 15.8 Å². The molecule has 1 heterocycles. The molecular formula is C22H22FN5O. The number of fused-ring (bicyclic) bond motifs is 1. The number of nitrogens with two attached hydrogens (primary N) is 1. The Labute approximate surface area is 169 Å². The van der Waals surface area contributed by atoms with Crippen LogP contribution in [0.25, 0.3) is 0 Å². The number of rotatable bonds is 3. The summed E-state index contributed by atoms with van der Waals surface area (Å²) in [7, 11) is 1.47. The second kappa shape index (κ2) is 7.59. The number of hydrogen-bond donors (Lipinski definition) is 1. The smallest absolute Gasteiger partial charge is 0.191 e. The molecule has 0 bridgehead atoms. The van der Waals surface area contributed by atoms with Crippen LogP contribution in [0, 0.1) is 51.1 Å². The Morgan fingerprint density at radius 3 is 2.52 bits per heavy atom. The van der Waals surface area contributed by atoms with E-state index in [1.807, 2.05) is 32.1 Å². The highest BCUT2D eigenvalue weighted by Gasteiger charge is 2.55. The number of nitriles is 3. The van der Waals surface area contributed by atoms with E-state index in [2.05, 4.69) is 11.0 Å². The molecule has 0 saturated heterocycles. The second-order valence-corrected chi connectivity index (χ2v) is 7.61. The molecule has 1 aromatic carbocycles. The number of hydrogen-bond acceptors (Lipinski definition) is 6. The van der Waals surface area contributed by atoms with Crippen molar-refractivity contribution in [1.82, 2.24) is 4.90 Å². The van der Waals surface area contributed by atoms with Crippen molar-refractivity contribution in [3.63, 3.8) is 0 Å². The monoisotopic (exact) mass is 391 g/mol. The summed E-state index contributed by atoms with van der Waals surface area (Å²) in [4.78, 5) is 2.16. The minimum absolute atomic E-state index is 0.113. The van der Waals surface area contributed by atoms with Crippen LogP contribution in [-0.4, -0.2) is 31.1 Å². The van der Waals surface area contributed by atoms with Crippen LogP contribution in [0.2, 0.25) is 0 Å². The molecule has 29 heavy (non-hydrogen) atoms. The minimum Gasteiger partial charge on any atom is -0.497 e. The van der Waals surface area contributed by atoms with Crippen LogP contribution in [0.4, 0.5) is 4.39 Å². The molecule has 148 valence electrons. The number of allylic oxidation sites excluding steroid dienone is 2. The summed E-state index contributed by atoms with van der Waals surface area (Å²) in [6.07, 6.45) is 1.91. The van der Waals surface area contributed by atoms with E-state index >= 15 is 0 Å².